The molecule has 0 spiro atoms. The molecule has 0 amide bonds. The molecule has 1 aromatic heterocycles. The zero-order chi connectivity index (χ0) is 8.23. The van der Waals surface area contributed by atoms with E-state index in [1.54, 1.807) is 6.33 Å². The Labute approximate surface area is 76.4 Å². The first-order chi connectivity index (χ1) is 5.95. The maximum atomic E-state index is 3.94. The van der Waals surface area contributed by atoms with Crippen molar-refractivity contribution in [1.82, 2.24) is 9.97 Å². The van der Waals surface area contributed by atoms with Crippen molar-refractivity contribution in [3.63, 3.8) is 0 Å². The molecule has 12 heavy (non-hydrogen) atoms. The molecule has 1 fully saturated rings. The molecule has 2 rings (SSSR count). The van der Waals surface area contributed by atoms with Gasteiger partial charge in [-0.25, -0.2) is 4.98 Å². The van der Waals surface area contributed by atoms with Crippen LogP contribution in [0.1, 0.15) is 6.42 Å². The predicted octanol–water partition coefficient (Wildman–Crippen LogP) is 1.57. The Balaban J connectivity index is 1.74. The first-order valence-electron chi connectivity index (χ1n) is 4.25. The zero-order valence-corrected chi connectivity index (χ0v) is 7.73. The van der Waals surface area contributed by atoms with Gasteiger partial charge >= 0.3 is 0 Å². The number of imidazole rings is 1. The van der Waals surface area contributed by atoms with Crippen molar-refractivity contribution in [2.24, 2.45) is 5.92 Å². The Morgan fingerprint density at radius 3 is 3.42 bits per heavy atom. The van der Waals surface area contributed by atoms with Crippen LogP contribution >= 0.6 is 11.8 Å². The Hall–Kier alpha value is -0.640. The van der Waals surface area contributed by atoms with Crippen LogP contribution in [0.4, 0.5) is 5.82 Å². The van der Waals surface area contributed by atoms with Crippen LogP contribution in [-0.4, -0.2) is 28.0 Å². The average Bonchev–Trinajstić information content (AvgIpc) is 2.74. The fourth-order valence-electron chi connectivity index (χ4n) is 1.35. The highest BCUT2D eigenvalue weighted by atomic mass is 32.2. The van der Waals surface area contributed by atoms with Crippen LogP contribution in [0.5, 0.6) is 0 Å². The molecule has 1 aliphatic heterocycles. The van der Waals surface area contributed by atoms with Gasteiger partial charge in [-0.2, -0.15) is 11.8 Å². The third kappa shape index (κ3) is 1.94. The highest BCUT2D eigenvalue weighted by Gasteiger charge is 2.14. The van der Waals surface area contributed by atoms with E-state index in [0.29, 0.717) is 0 Å². The van der Waals surface area contributed by atoms with Crippen molar-refractivity contribution in [2.45, 2.75) is 6.42 Å². The van der Waals surface area contributed by atoms with Crippen LogP contribution in [0.25, 0.3) is 0 Å². The van der Waals surface area contributed by atoms with Crippen molar-refractivity contribution < 1.29 is 0 Å². The molecule has 0 aromatic carbocycles. The fourth-order valence-corrected chi connectivity index (χ4v) is 2.64. The summed E-state index contributed by atoms with van der Waals surface area (Å²) < 4.78 is 0. The van der Waals surface area contributed by atoms with Crippen LogP contribution in [-0.2, 0) is 0 Å². The SMILES string of the molecule is c1ncc(NCC2CCSC2)[nH]1. The lowest BCUT2D eigenvalue weighted by Gasteiger charge is -2.08. The van der Waals surface area contributed by atoms with Gasteiger partial charge in [-0.15, -0.1) is 0 Å². The minimum atomic E-state index is 0.846. The van der Waals surface area contributed by atoms with Gasteiger partial charge in [0.15, 0.2) is 0 Å². The number of nitrogens with one attached hydrogen (secondary N) is 2. The van der Waals surface area contributed by atoms with E-state index >= 15 is 0 Å². The Morgan fingerprint density at radius 1 is 1.75 bits per heavy atom. The van der Waals surface area contributed by atoms with Gasteiger partial charge in [-0.1, -0.05) is 0 Å². The Kier molecular flexibility index (Phi) is 2.56. The van der Waals surface area contributed by atoms with Gasteiger partial charge < -0.3 is 10.3 Å². The largest absolute Gasteiger partial charge is 0.370 e. The first kappa shape index (κ1) is 7.98. The van der Waals surface area contributed by atoms with Gasteiger partial charge in [-0.3, -0.25) is 0 Å². The summed E-state index contributed by atoms with van der Waals surface area (Å²) in [6.45, 7) is 1.08. The molecule has 0 aliphatic carbocycles. The van der Waals surface area contributed by atoms with Crippen LogP contribution in [0, 0.1) is 5.92 Å². The summed E-state index contributed by atoms with van der Waals surface area (Å²) in [5, 5.41) is 3.34. The Morgan fingerprint density at radius 2 is 2.75 bits per heavy atom. The van der Waals surface area contributed by atoms with Gasteiger partial charge in [0.25, 0.3) is 0 Å². The van der Waals surface area contributed by atoms with Gasteiger partial charge in [-0.05, 0) is 23.8 Å². The lowest BCUT2D eigenvalue weighted by atomic mass is 10.1. The highest BCUT2D eigenvalue weighted by Crippen LogP contribution is 2.23. The minimum absolute atomic E-state index is 0.846. The molecule has 1 aliphatic rings. The third-order valence-electron chi connectivity index (χ3n) is 2.10. The minimum Gasteiger partial charge on any atom is -0.370 e. The number of hydrogen-bond acceptors (Lipinski definition) is 3. The number of anilines is 1. The second kappa shape index (κ2) is 3.85. The zero-order valence-electron chi connectivity index (χ0n) is 6.92. The highest BCUT2D eigenvalue weighted by molar-refractivity contribution is 7.99. The third-order valence-corrected chi connectivity index (χ3v) is 3.33. The van der Waals surface area contributed by atoms with Crippen molar-refractivity contribution >= 4 is 17.6 Å². The van der Waals surface area contributed by atoms with Gasteiger partial charge in [0, 0.05) is 6.54 Å². The molecule has 1 aromatic rings. The van der Waals surface area contributed by atoms with Crippen molar-refractivity contribution in [1.29, 1.82) is 0 Å². The van der Waals surface area contributed by atoms with Crippen LogP contribution in [0.15, 0.2) is 12.5 Å². The maximum absolute atomic E-state index is 3.94. The van der Waals surface area contributed by atoms with E-state index in [0.717, 1.165) is 18.3 Å². The molecule has 1 atom stereocenters. The van der Waals surface area contributed by atoms with Crippen molar-refractivity contribution in [2.75, 3.05) is 23.4 Å². The fraction of sp³-hybridized carbons (Fsp3) is 0.625. The van der Waals surface area contributed by atoms with E-state index in [-0.39, 0.29) is 0 Å². The second-order valence-corrected chi connectivity index (χ2v) is 4.23. The van der Waals surface area contributed by atoms with E-state index in [1.807, 2.05) is 6.20 Å². The summed E-state index contributed by atoms with van der Waals surface area (Å²) in [6, 6.07) is 0. The molecular weight excluding hydrogens is 170 g/mol. The van der Waals surface area contributed by atoms with Gasteiger partial charge in [0.05, 0.1) is 12.5 Å². The van der Waals surface area contributed by atoms with E-state index in [2.05, 4.69) is 27.0 Å². The molecule has 4 heteroatoms. The molecule has 0 bridgehead atoms. The maximum Gasteiger partial charge on any atom is 0.123 e. The topological polar surface area (TPSA) is 40.7 Å². The molecule has 2 N–H and O–H groups in total. The number of rotatable bonds is 3. The average molecular weight is 183 g/mol. The first-order valence-corrected chi connectivity index (χ1v) is 5.40. The van der Waals surface area contributed by atoms with Gasteiger partial charge in [0.2, 0.25) is 0 Å². The summed E-state index contributed by atoms with van der Waals surface area (Å²) in [5.41, 5.74) is 0. The normalized spacial score (nSPS) is 22.8. The summed E-state index contributed by atoms with van der Waals surface area (Å²) >= 11 is 2.05. The van der Waals surface area contributed by atoms with Gasteiger partial charge in [0.1, 0.15) is 5.82 Å². The van der Waals surface area contributed by atoms with E-state index in [4.69, 9.17) is 0 Å². The number of H-pyrrole nitrogens is 1. The van der Waals surface area contributed by atoms with Crippen LogP contribution < -0.4 is 5.32 Å². The number of aromatic nitrogens is 2. The number of hydrogen-bond donors (Lipinski definition) is 2. The molecule has 1 saturated heterocycles. The molecule has 3 nitrogen and oxygen atoms in total. The van der Waals surface area contributed by atoms with E-state index in [9.17, 15) is 0 Å². The lowest BCUT2D eigenvalue weighted by Crippen LogP contribution is -2.13. The van der Waals surface area contributed by atoms with Crippen LogP contribution in [0.2, 0.25) is 0 Å². The second-order valence-electron chi connectivity index (χ2n) is 3.08. The summed E-state index contributed by atoms with van der Waals surface area (Å²) in [6.07, 6.45) is 4.87. The quantitative estimate of drug-likeness (QED) is 0.747. The lowest BCUT2D eigenvalue weighted by molar-refractivity contribution is 0.631. The number of nitrogens with zero attached hydrogens (tertiary/aromatic N) is 1. The van der Waals surface area contributed by atoms with Crippen molar-refractivity contribution in [3.05, 3.63) is 12.5 Å². The molecule has 0 saturated carbocycles. The molecule has 1 unspecified atom stereocenters. The predicted molar refractivity (Wildman–Crippen MR) is 52.5 cm³/mol. The monoisotopic (exact) mass is 183 g/mol. The summed E-state index contributed by atoms with van der Waals surface area (Å²) in [7, 11) is 0. The molecule has 0 radical (unpaired) electrons. The molecule has 2 heterocycles. The molecular formula is C8H13N3S. The summed E-state index contributed by atoms with van der Waals surface area (Å²) in [4.78, 5) is 6.98. The molecule has 66 valence electrons. The smallest absolute Gasteiger partial charge is 0.123 e. The van der Waals surface area contributed by atoms with Crippen molar-refractivity contribution in [3.8, 4) is 0 Å². The Bertz CT molecular complexity index is 216. The summed E-state index contributed by atoms with van der Waals surface area (Å²) in [5.74, 6) is 4.52. The number of thioether (sulfide) groups is 1. The number of aromatic amines is 1. The van der Waals surface area contributed by atoms with E-state index in [1.165, 1.54) is 17.9 Å². The van der Waals surface area contributed by atoms with E-state index < -0.39 is 0 Å². The van der Waals surface area contributed by atoms with Crippen LogP contribution in [0.3, 0.4) is 0 Å². The standard InChI is InChI=1S/C8H13N3S/c1-2-12-5-7(1)3-10-8-4-9-6-11-8/h4,6-7,10H,1-3,5H2,(H,9,11).